The molecule has 110 valence electrons. The normalized spacial score (nSPS) is 14.0. The summed E-state index contributed by atoms with van der Waals surface area (Å²) in [6.45, 7) is 0. The predicted octanol–water partition coefficient (Wildman–Crippen LogP) is -0.161. The van der Waals surface area contributed by atoms with Crippen LogP contribution < -0.4 is 10.6 Å². The van der Waals surface area contributed by atoms with E-state index in [0.29, 0.717) is 5.69 Å². The second-order valence-corrected chi connectivity index (χ2v) is 4.56. The van der Waals surface area contributed by atoms with Gasteiger partial charge in [-0.15, -0.1) is 0 Å². The highest BCUT2D eigenvalue weighted by molar-refractivity contribution is 6.03. The van der Waals surface area contributed by atoms with Gasteiger partial charge in [-0.1, -0.05) is 6.07 Å². The van der Waals surface area contributed by atoms with Crippen LogP contribution >= 0.6 is 0 Å². The lowest BCUT2D eigenvalue weighted by atomic mass is 10.1. The molecule has 0 unspecified atom stereocenters. The smallest absolute Gasteiger partial charge is 0.326 e. The van der Waals surface area contributed by atoms with Crippen LogP contribution in [0.15, 0.2) is 18.2 Å². The molecule has 8 heteroatoms. The zero-order valence-electron chi connectivity index (χ0n) is 10.8. The summed E-state index contributed by atoms with van der Waals surface area (Å²) in [5.74, 6) is -3.66. The summed E-state index contributed by atoms with van der Waals surface area (Å²) in [4.78, 5) is 44.6. The Morgan fingerprint density at radius 1 is 1.29 bits per heavy atom. The lowest BCUT2D eigenvalue weighted by molar-refractivity contribution is -0.145. The van der Waals surface area contributed by atoms with Crippen molar-refractivity contribution in [3.8, 4) is 0 Å². The molecule has 4 N–H and O–H groups in total. The second-order valence-electron chi connectivity index (χ2n) is 4.56. The van der Waals surface area contributed by atoms with Gasteiger partial charge in [0, 0.05) is 11.3 Å². The molecule has 1 atom stereocenters. The monoisotopic (exact) mass is 292 g/mol. The SMILES string of the molecule is O=C(O)C[C@H](NC(=O)c1ccc2c(c1)NC(=O)C2)C(=O)O. The molecule has 0 saturated heterocycles. The first-order valence-corrected chi connectivity index (χ1v) is 6.05. The molecule has 1 heterocycles. The van der Waals surface area contributed by atoms with Gasteiger partial charge in [0.25, 0.3) is 5.91 Å². The minimum absolute atomic E-state index is 0.146. The molecule has 2 rings (SSSR count). The van der Waals surface area contributed by atoms with E-state index < -0.39 is 30.3 Å². The van der Waals surface area contributed by atoms with Crippen LogP contribution in [0.2, 0.25) is 0 Å². The number of anilines is 1. The number of hydrogen-bond acceptors (Lipinski definition) is 4. The van der Waals surface area contributed by atoms with Gasteiger partial charge in [-0.3, -0.25) is 14.4 Å². The number of hydrogen-bond donors (Lipinski definition) is 4. The topological polar surface area (TPSA) is 133 Å². The summed E-state index contributed by atoms with van der Waals surface area (Å²) >= 11 is 0. The maximum atomic E-state index is 11.9. The molecule has 0 bridgehead atoms. The predicted molar refractivity (Wildman–Crippen MR) is 69.9 cm³/mol. The number of nitrogens with one attached hydrogen (secondary N) is 2. The Hall–Kier alpha value is -2.90. The third kappa shape index (κ3) is 3.35. The van der Waals surface area contributed by atoms with Crippen LogP contribution in [0, 0.1) is 0 Å². The average molecular weight is 292 g/mol. The van der Waals surface area contributed by atoms with Crippen molar-refractivity contribution in [2.24, 2.45) is 0 Å². The number of fused-ring (bicyclic) bond motifs is 1. The van der Waals surface area contributed by atoms with Gasteiger partial charge in [0.15, 0.2) is 0 Å². The van der Waals surface area contributed by atoms with Crippen LogP contribution in [0.5, 0.6) is 0 Å². The van der Waals surface area contributed by atoms with Gasteiger partial charge >= 0.3 is 11.9 Å². The van der Waals surface area contributed by atoms with E-state index in [0.717, 1.165) is 5.56 Å². The summed E-state index contributed by atoms with van der Waals surface area (Å²) < 4.78 is 0. The summed E-state index contributed by atoms with van der Waals surface area (Å²) in [5, 5.41) is 22.2. The molecule has 2 amide bonds. The first-order valence-electron chi connectivity index (χ1n) is 6.05. The molecule has 0 aliphatic carbocycles. The second kappa shape index (κ2) is 5.61. The van der Waals surface area contributed by atoms with Crippen LogP contribution in [0.4, 0.5) is 5.69 Å². The first kappa shape index (κ1) is 14.5. The number of carbonyl (C=O) groups excluding carboxylic acids is 2. The number of carbonyl (C=O) groups is 4. The summed E-state index contributed by atoms with van der Waals surface area (Å²) in [7, 11) is 0. The highest BCUT2D eigenvalue weighted by atomic mass is 16.4. The zero-order valence-corrected chi connectivity index (χ0v) is 10.8. The van der Waals surface area contributed by atoms with Crippen molar-refractivity contribution in [3.63, 3.8) is 0 Å². The van der Waals surface area contributed by atoms with Gasteiger partial charge in [0.1, 0.15) is 6.04 Å². The van der Waals surface area contributed by atoms with E-state index in [4.69, 9.17) is 10.2 Å². The third-order valence-electron chi connectivity index (χ3n) is 2.98. The van der Waals surface area contributed by atoms with Crippen molar-refractivity contribution in [3.05, 3.63) is 29.3 Å². The fourth-order valence-electron chi connectivity index (χ4n) is 1.97. The fraction of sp³-hybridized carbons (Fsp3) is 0.231. The number of carboxylic acids is 2. The largest absolute Gasteiger partial charge is 0.481 e. The van der Waals surface area contributed by atoms with Crippen molar-refractivity contribution in [1.29, 1.82) is 0 Å². The van der Waals surface area contributed by atoms with Crippen molar-refractivity contribution < 1.29 is 29.4 Å². The Morgan fingerprint density at radius 3 is 2.62 bits per heavy atom. The molecule has 21 heavy (non-hydrogen) atoms. The molecular weight excluding hydrogens is 280 g/mol. The number of benzene rings is 1. The van der Waals surface area contributed by atoms with E-state index in [1.165, 1.54) is 12.1 Å². The van der Waals surface area contributed by atoms with E-state index in [-0.39, 0.29) is 17.9 Å². The van der Waals surface area contributed by atoms with Crippen LogP contribution in [-0.2, 0) is 20.8 Å². The minimum atomic E-state index is -1.52. The Balaban J connectivity index is 2.13. The standard InChI is InChI=1S/C13H12N2O6/c16-10-4-6-1-2-7(3-8(6)14-10)12(19)15-9(13(20)21)5-11(17)18/h1-3,9H,4-5H2,(H,14,16)(H,15,19)(H,17,18)(H,20,21)/t9-/m0/s1. The van der Waals surface area contributed by atoms with Gasteiger partial charge < -0.3 is 20.8 Å². The minimum Gasteiger partial charge on any atom is -0.481 e. The van der Waals surface area contributed by atoms with E-state index in [1.54, 1.807) is 6.07 Å². The molecule has 1 aromatic carbocycles. The maximum Gasteiger partial charge on any atom is 0.326 e. The van der Waals surface area contributed by atoms with Crippen molar-refractivity contribution in [2.75, 3.05) is 5.32 Å². The number of rotatable bonds is 5. The fourth-order valence-corrected chi connectivity index (χ4v) is 1.97. The molecule has 0 spiro atoms. The van der Waals surface area contributed by atoms with Gasteiger partial charge in [0.2, 0.25) is 5.91 Å². The quantitative estimate of drug-likeness (QED) is 0.596. The Labute approximate surface area is 118 Å². The lowest BCUT2D eigenvalue weighted by Crippen LogP contribution is -2.42. The van der Waals surface area contributed by atoms with Crippen LogP contribution in [-0.4, -0.2) is 40.0 Å². The molecule has 0 saturated carbocycles. The van der Waals surface area contributed by atoms with E-state index in [1.807, 2.05) is 0 Å². The average Bonchev–Trinajstić information content (AvgIpc) is 2.76. The highest BCUT2D eigenvalue weighted by Crippen LogP contribution is 2.24. The van der Waals surface area contributed by atoms with Crippen molar-refractivity contribution >= 4 is 29.4 Å². The molecule has 1 aromatic rings. The van der Waals surface area contributed by atoms with E-state index >= 15 is 0 Å². The van der Waals surface area contributed by atoms with Gasteiger partial charge in [-0.05, 0) is 17.7 Å². The molecule has 8 nitrogen and oxygen atoms in total. The van der Waals surface area contributed by atoms with E-state index in [9.17, 15) is 19.2 Å². The summed E-state index contributed by atoms with van der Waals surface area (Å²) in [5.41, 5.74) is 1.39. The maximum absolute atomic E-state index is 11.9. The summed E-state index contributed by atoms with van der Waals surface area (Å²) in [6.07, 6.45) is -0.489. The number of amides is 2. The first-order chi connectivity index (χ1) is 9.86. The van der Waals surface area contributed by atoms with Crippen LogP contribution in [0.3, 0.4) is 0 Å². The van der Waals surface area contributed by atoms with Crippen molar-refractivity contribution in [1.82, 2.24) is 5.32 Å². The Kier molecular flexibility index (Phi) is 3.88. The molecule has 0 radical (unpaired) electrons. The number of carboxylic acid groups (broad SMARTS) is 2. The molecule has 0 fully saturated rings. The van der Waals surface area contributed by atoms with E-state index in [2.05, 4.69) is 10.6 Å². The molecule has 0 aromatic heterocycles. The van der Waals surface area contributed by atoms with Gasteiger partial charge in [-0.2, -0.15) is 0 Å². The summed E-state index contributed by atoms with van der Waals surface area (Å²) in [6, 6.07) is 2.95. The Bertz CT molecular complexity index is 640. The van der Waals surface area contributed by atoms with Crippen LogP contribution in [0.25, 0.3) is 0 Å². The van der Waals surface area contributed by atoms with Gasteiger partial charge in [-0.25, -0.2) is 4.79 Å². The molecule has 1 aliphatic rings. The van der Waals surface area contributed by atoms with Crippen LogP contribution in [0.1, 0.15) is 22.3 Å². The lowest BCUT2D eigenvalue weighted by Gasteiger charge is -2.12. The van der Waals surface area contributed by atoms with Gasteiger partial charge in [0.05, 0.1) is 12.8 Å². The molecule has 1 aliphatic heterocycles. The highest BCUT2D eigenvalue weighted by Gasteiger charge is 2.25. The Morgan fingerprint density at radius 2 is 2.00 bits per heavy atom. The number of aliphatic carboxylic acids is 2. The third-order valence-corrected chi connectivity index (χ3v) is 2.98. The zero-order chi connectivity index (χ0) is 15.6. The van der Waals surface area contributed by atoms with Crippen molar-refractivity contribution in [2.45, 2.75) is 18.9 Å². The molecular formula is C13H12N2O6.